The summed E-state index contributed by atoms with van der Waals surface area (Å²) in [6, 6.07) is 31.0. The SMILES string of the molecule is CO.O=C(OCCc1ccccc1)c1ccccc1.c1ccccc1. The van der Waals surface area contributed by atoms with E-state index in [0.717, 1.165) is 13.5 Å². The zero-order valence-electron chi connectivity index (χ0n) is 14.4. The van der Waals surface area contributed by atoms with Crippen molar-refractivity contribution in [1.82, 2.24) is 0 Å². The van der Waals surface area contributed by atoms with Gasteiger partial charge in [-0.05, 0) is 17.7 Å². The largest absolute Gasteiger partial charge is 0.462 e. The third-order valence-corrected chi connectivity index (χ3v) is 3.14. The van der Waals surface area contributed by atoms with Gasteiger partial charge in [0.15, 0.2) is 0 Å². The van der Waals surface area contributed by atoms with E-state index < -0.39 is 0 Å². The molecule has 25 heavy (non-hydrogen) atoms. The molecule has 0 unspecified atom stereocenters. The summed E-state index contributed by atoms with van der Waals surface area (Å²) in [5.41, 5.74) is 1.77. The Kier molecular flexibility index (Phi) is 10.9. The summed E-state index contributed by atoms with van der Waals surface area (Å²) in [6.07, 6.45) is 0.749. The number of ether oxygens (including phenoxy) is 1. The highest BCUT2D eigenvalue weighted by molar-refractivity contribution is 5.89. The van der Waals surface area contributed by atoms with Crippen LogP contribution in [0.15, 0.2) is 97.1 Å². The second kappa shape index (κ2) is 13.5. The molecule has 3 aromatic rings. The summed E-state index contributed by atoms with van der Waals surface area (Å²) in [5.74, 6) is -0.262. The van der Waals surface area contributed by atoms with Gasteiger partial charge in [-0.2, -0.15) is 0 Å². The first kappa shape index (κ1) is 20.1. The molecule has 0 spiro atoms. The molecule has 130 valence electrons. The molecule has 0 aliphatic rings. The number of carbonyl (C=O) groups is 1. The third kappa shape index (κ3) is 9.08. The molecule has 0 bridgehead atoms. The number of hydrogen-bond donors (Lipinski definition) is 1. The zero-order chi connectivity index (χ0) is 18.2. The fourth-order valence-electron chi connectivity index (χ4n) is 1.95. The van der Waals surface area contributed by atoms with E-state index in [2.05, 4.69) is 0 Å². The minimum atomic E-state index is -0.262. The Labute approximate surface area is 149 Å². The lowest BCUT2D eigenvalue weighted by Crippen LogP contribution is -2.07. The number of esters is 1. The molecule has 1 N–H and O–H groups in total. The maximum atomic E-state index is 11.6. The van der Waals surface area contributed by atoms with Gasteiger partial charge in [0.25, 0.3) is 0 Å². The molecule has 3 heteroatoms. The van der Waals surface area contributed by atoms with Crippen LogP contribution in [0.1, 0.15) is 15.9 Å². The molecule has 3 aromatic carbocycles. The van der Waals surface area contributed by atoms with Crippen LogP contribution < -0.4 is 0 Å². The molecule has 0 atom stereocenters. The number of rotatable bonds is 4. The maximum Gasteiger partial charge on any atom is 0.338 e. The molecule has 3 nitrogen and oxygen atoms in total. The topological polar surface area (TPSA) is 46.5 Å². The second-order valence-corrected chi connectivity index (χ2v) is 4.89. The maximum absolute atomic E-state index is 11.6. The van der Waals surface area contributed by atoms with Gasteiger partial charge in [0.05, 0.1) is 12.2 Å². The molecule has 3 rings (SSSR count). The molecule has 0 saturated heterocycles. The van der Waals surface area contributed by atoms with Crippen LogP contribution in [0.3, 0.4) is 0 Å². The Morgan fingerprint density at radius 2 is 1.12 bits per heavy atom. The number of hydrogen-bond acceptors (Lipinski definition) is 3. The lowest BCUT2D eigenvalue weighted by atomic mass is 10.2. The van der Waals surface area contributed by atoms with Crippen molar-refractivity contribution >= 4 is 5.97 Å². The number of benzene rings is 3. The fraction of sp³-hybridized carbons (Fsp3) is 0.136. The summed E-state index contributed by atoms with van der Waals surface area (Å²) in [6.45, 7) is 0.414. The fourth-order valence-corrected chi connectivity index (χ4v) is 1.95. The van der Waals surface area contributed by atoms with Crippen molar-refractivity contribution in [3.63, 3.8) is 0 Å². The van der Waals surface area contributed by atoms with E-state index in [4.69, 9.17) is 9.84 Å². The van der Waals surface area contributed by atoms with Crippen LogP contribution in [-0.2, 0) is 11.2 Å². The normalized spacial score (nSPS) is 8.88. The predicted molar refractivity (Wildman–Crippen MR) is 101 cm³/mol. The van der Waals surface area contributed by atoms with Crippen LogP contribution in [0.25, 0.3) is 0 Å². The molecular weight excluding hydrogens is 312 g/mol. The predicted octanol–water partition coefficient (Wildman–Crippen LogP) is 4.38. The second-order valence-electron chi connectivity index (χ2n) is 4.89. The number of carbonyl (C=O) groups excluding carboxylic acids is 1. The van der Waals surface area contributed by atoms with E-state index >= 15 is 0 Å². The highest BCUT2D eigenvalue weighted by Crippen LogP contribution is 2.03. The zero-order valence-corrected chi connectivity index (χ0v) is 14.4. The van der Waals surface area contributed by atoms with E-state index in [0.29, 0.717) is 12.2 Å². The van der Waals surface area contributed by atoms with Crippen LogP contribution in [0.4, 0.5) is 0 Å². The molecule has 0 aliphatic carbocycles. The van der Waals surface area contributed by atoms with Crippen molar-refractivity contribution in [2.45, 2.75) is 6.42 Å². The lowest BCUT2D eigenvalue weighted by Gasteiger charge is -2.04. The van der Waals surface area contributed by atoms with Crippen LogP contribution in [0, 0.1) is 0 Å². The monoisotopic (exact) mass is 336 g/mol. The van der Waals surface area contributed by atoms with Gasteiger partial charge in [0.1, 0.15) is 0 Å². The summed E-state index contributed by atoms with van der Waals surface area (Å²) >= 11 is 0. The number of aliphatic hydroxyl groups is 1. The third-order valence-electron chi connectivity index (χ3n) is 3.14. The van der Waals surface area contributed by atoms with Crippen molar-refractivity contribution in [2.75, 3.05) is 13.7 Å². The van der Waals surface area contributed by atoms with Crippen molar-refractivity contribution in [1.29, 1.82) is 0 Å². The average molecular weight is 336 g/mol. The standard InChI is InChI=1S/C15H14O2.C6H6.CH4O/c16-15(14-9-5-2-6-10-14)17-12-11-13-7-3-1-4-8-13;1-2-4-6-5-3-1;1-2/h1-10H,11-12H2;1-6H;2H,1H3. The molecule has 0 amide bonds. The van der Waals surface area contributed by atoms with E-state index in [-0.39, 0.29) is 5.97 Å². The van der Waals surface area contributed by atoms with Gasteiger partial charge in [0.2, 0.25) is 0 Å². The van der Waals surface area contributed by atoms with Gasteiger partial charge < -0.3 is 9.84 Å². The van der Waals surface area contributed by atoms with E-state index in [9.17, 15) is 4.79 Å². The Morgan fingerprint density at radius 1 is 0.720 bits per heavy atom. The summed E-state index contributed by atoms with van der Waals surface area (Å²) in [5, 5.41) is 7.00. The van der Waals surface area contributed by atoms with E-state index in [1.807, 2.05) is 84.9 Å². The molecule has 0 aliphatic heterocycles. The van der Waals surface area contributed by atoms with Gasteiger partial charge >= 0.3 is 5.97 Å². The van der Waals surface area contributed by atoms with Crippen LogP contribution >= 0.6 is 0 Å². The Hall–Kier alpha value is -2.91. The van der Waals surface area contributed by atoms with E-state index in [1.54, 1.807) is 12.1 Å². The highest BCUT2D eigenvalue weighted by atomic mass is 16.5. The van der Waals surface area contributed by atoms with Gasteiger partial charge in [0, 0.05) is 13.5 Å². The van der Waals surface area contributed by atoms with Crippen LogP contribution in [0.5, 0.6) is 0 Å². The Balaban J connectivity index is 0.000000326. The summed E-state index contributed by atoms with van der Waals surface area (Å²) in [7, 11) is 1.00. The first-order valence-electron chi connectivity index (χ1n) is 8.07. The highest BCUT2D eigenvalue weighted by Gasteiger charge is 2.05. The van der Waals surface area contributed by atoms with Gasteiger partial charge in [-0.25, -0.2) is 4.79 Å². The molecular formula is C22H24O3. The minimum Gasteiger partial charge on any atom is -0.462 e. The molecule has 0 radical (unpaired) electrons. The first-order valence-corrected chi connectivity index (χ1v) is 8.07. The smallest absolute Gasteiger partial charge is 0.338 e. The minimum absolute atomic E-state index is 0.262. The molecule has 0 saturated carbocycles. The van der Waals surface area contributed by atoms with Gasteiger partial charge in [-0.1, -0.05) is 84.9 Å². The summed E-state index contributed by atoms with van der Waals surface area (Å²) < 4.78 is 5.19. The average Bonchev–Trinajstić information content (AvgIpc) is 2.73. The Morgan fingerprint density at radius 3 is 1.60 bits per heavy atom. The quantitative estimate of drug-likeness (QED) is 0.719. The molecule has 0 heterocycles. The van der Waals surface area contributed by atoms with Gasteiger partial charge in [-0.3, -0.25) is 0 Å². The Bertz CT molecular complexity index is 641. The van der Waals surface area contributed by atoms with E-state index in [1.165, 1.54) is 5.56 Å². The van der Waals surface area contributed by atoms with Crippen LogP contribution in [-0.4, -0.2) is 24.8 Å². The molecule has 0 aromatic heterocycles. The summed E-state index contributed by atoms with van der Waals surface area (Å²) in [4.78, 5) is 11.6. The van der Waals surface area contributed by atoms with Crippen molar-refractivity contribution in [2.24, 2.45) is 0 Å². The van der Waals surface area contributed by atoms with Crippen molar-refractivity contribution < 1.29 is 14.6 Å². The van der Waals surface area contributed by atoms with Crippen molar-refractivity contribution in [3.05, 3.63) is 108 Å². The lowest BCUT2D eigenvalue weighted by molar-refractivity contribution is 0.0509. The first-order chi connectivity index (χ1) is 12.4. The molecule has 0 fully saturated rings. The van der Waals surface area contributed by atoms with Gasteiger partial charge in [-0.15, -0.1) is 0 Å². The van der Waals surface area contributed by atoms with Crippen molar-refractivity contribution in [3.8, 4) is 0 Å². The number of aliphatic hydroxyl groups excluding tert-OH is 1. The van der Waals surface area contributed by atoms with Crippen LogP contribution in [0.2, 0.25) is 0 Å².